The molecule has 0 saturated carbocycles. The number of rotatable bonds is 5. The minimum absolute atomic E-state index is 0.0803. The van der Waals surface area contributed by atoms with Crippen LogP contribution in [-0.4, -0.2) is 41.4 Å². The van der Waals surface area contributed by atoms with Crippen LogP contribution in [0.15, 0.2) is 24.3 Å². The van der Waals surface area contributed by atoms with E-state index in [9.17, 15) is 9.00 Å². The Kier molecular flexibility index (Phi) is 5.15. The van der Waals surface area contributed by atoms with Gasteiger partial charge < -0.3 is 10.6 Å². The molecule has 0 aromatic heterocycles. The van der Waals surface area contributed by atoms with Crippen molar-refractivity contribution >= 4 is 28.3 Å². The Morgan fingerprint density at radius 3 is 2.56 bits per heavy atom. The van der Waals surface area contributed by atoms with Crippen molar-refractivity contribution in [2.24, 2.45) is 0 Å². The van der Waals surface area contributed by atoms with Crippen molar-refractivity contribution in [3.05, 3.63) is 24.3 Å². The molecule has 1 aromatic rings. The van der Waals surface area contributed by atoms with Gasteiger partial charge in [0, 0.05) is 25.5 Å². The number of nitrogens with two attached hydrogens (primary N) is 1. The second-order valence-corrected chi connectivity index (χ2v) is 5.69. The molecule has 1 unspecified atom stereocenters. The lowest BCUT2D eigenvalue weighted by atomic mass is 10.3. The zero-order valence-corrected chi connectivity index (χ0v) is 11.7. The number of carbonyl (C=O) groups excluding carboxylic acids is 1. The predicted molar refractivity (Wildman–Crippen MR) is 75.6 cm³/mol. The van der Waals surface area contributed by atoms with Crippen molar-refractivity contribution in [1.82, 2.24) is 4.90 Å². The molecule has 1 rings (SSSR count). The van der Waals surface area contributed by atoms with E-state index in [0.717, 1.165) is 0 Å². The fraction of sp³-hybridized carbons (Fsp3) is 0.417. The maximum absolute atomic E-state index is 12.0. The van der Waals surface area contributed by atoms with Gasteiger partial charge in [-0.05, 0) is 18.2 Å². The average Bonchev–Trinajstić information content (AvgIpc) is 2.34. The number of anilines is 2. The Bertz CT molecular complexity index is 449. The van der Waals surface area contributed by atoms with E-state index in [-0.39, 0.29) is 12.5 Å². The van der Waals surface area contributed by atoms with Crippen molar-refractivity contribution in [1.29, 1.82) is 0 Å². The monoisotopic (exact) mass is 269 g/mol. The van der Waals surface area contributed by atoms with Crippen LogP contribution in [0.4, 0.5) is 11.4 Å². The number of carbonyl (C=O) groups is 1. The number of hydrogen-bond acceptors (Lipinski definition) is 3. The Labute approximate surface area is 110 Å². The molecule has 0 radical (unpaired) electrons. The van der Waals surface area contributed by atoms with Crippen molar-refractivity contribution in [2.75, 3.05) is 36.4 Å². The van der Waals surface area contributed by atoms with Gasteiger partial charge in [0.1, 0.15) is 17.5 Å². The summed E-state index contributed by atoms with van der Waals surface area (Å²) in [6.45, 7) is 1.90. The summed E-state index contributed by atoms with van der Waals surface area (Å²) >= 11 is 0. The first kappa shape index (κ1) is 14.5. The summed E-state index contributed by atoms with van der Waals surface area (Å²) in [5.74, 6) is 0.356. The lowest BCUT2D eigenvalue weighted by Gasteiger charge is -2.24. The molecule has 0 aliphatic carbocycles. The minimum atomic E-state index is -1.23. The fourth-order valence-electron chi connectivity index (χ4n) is 1.38. The van der Waals surface area contributed by atoms with E-state index >= 15 is 0 Å². The Morgan fingerprint density at radius 1 is 1.39 bits per heavy atom. The van der Waals surface area contributed by atoms with Crippen molar-refractivity contribution in [3.63, 3.8) is 0 Å². The summed E-state index contributed by atoms with van der Waals surface area (Å²) in [5, 5.41) is 0. The zero-order valence-electron chi connectivity index (χ0n) is 10.9. The van der Waals surface area contributed by atoms with E-state index in [4.69, 9.17) is 5.73 Å². The van der Waals surface area contributed by atoms with E-state index in [1.165, 1.54) is 4.90 Å². The van der Waals surface area contributed by atoms with Crippen LogP contribution in [0.3, 0.4) is 0 Å². The van der Waals surface area contributed by atoms with Gasteiger partial charge in [-0.1, -0.05) is 13.0 Å². The molecule has 0 aliphatic heterocycles. The number of benzene rings is 1. The molecule has 1 atom stereocenters. The molecule has 0 fully saturated rings. The maximum atomic E-state index is 12.0. The average molecular weight is 269 g/mol. The highest BCUT2D eigenvalue weighted by molar-refractivity contribution is 7.86. The number of nitrogens with zero attached hydrogens (tertiary/aromatic N) is 2. The van der Waals surface area contributed by atoms with Crippen LogP contribution >= 0.6 is 0 Å². The van der Waals surface area contributed by atoms with Gasteiger partial charge in [-0.25, -0.2) is 4.21 Å². The standard InChI is InChI=1S/C12H19N3O2S/c1-4-18(17)15(9-12(16)14(2)3)11-7-5-6-10(13)8-11/h5-8H,4,9,13H2,1-3H3. The van der Waals surface area contributed by atoms with E-state index in [1.54, 1.807) is 42.7 Å². The molecular weight excluding hydrogens is 250 g/mol. The summed E-state index contributed by atoms with van der Waals surface area (Å²) in [6.07, 6.45) is 0. The maximum Gasteiger partial charge on any atom is 0.242 e. The summed E-state index contributed by atoms with van der Waals surface area (Å²) in [7, 11) is 2.12. The van der Waals surface area contributed by atoms with Crippen LogP contribution in [0.25, 0.3) is 0 Å². The van der Waals surface area contributed by atoms with Crippen LogP contribution in [0.1, 0.15) is 6.92 Å². The highest BCUT2D eigenvalue weighted by Crippen LogP contribution is 2.19. The molecule has 5 nitrogen and oxygen atoms in total. The van der Waals surface area contributed by atoms with E-state index in [2.05, 4.69) is 0 Å². The quantitative estimate of drug-likeness (QED) is 0.806. The molecule has 0 aliphatic rings. The lowest BCUT2D eigenvalue weighted by molar-refractivity contribution is -0.127. The molecule has 0 spiro atoms. The molecule has 100 valence electrons. The van der Waals surface area contributed by atoms with Gasteiger partial charge in [0.05, 0.1) is 5.69 Å². The van der Waals surface area contributed by atoms with Crippen LogP contribution in [-0.2, 0) is 15.8 Å². The Balaban J connectivity index is 2.99. The molecular formula is C12H19N3O2S. The van der Waals surface area contributed by atoms with E-state index in [1.807, 2.05) is 6.92 Å². The summed E-state index contributed by atoms with van der Waals surface area (Å²) in [6, 6.07) is 7.05. The lowest BCUT2D eigenvalue weighted by Crippen LogP contribution is -2.38. The van der Waals surface area contributed by atoms with Gasteiger partial charge in [0.15, 0.2) is 0 Å². The van der Waals surface area contributed by atoms with Gasteiger partial charge in [-0.15, -0.1) is 0 Å². The van der Waals surface area contributed by atoms with E-state index in [0.29, 0.717) is 17.1 Å². The first-order valence-electron chi connectivity index (χ1n) is 5.67. The molecule has 1 amide bonds. The largest absolute Gasteiger partial charge is 0.399 e. The molecule has 1 aromatic carbocycles. The normalized spacial score (nSPS) is 11.9. The van der Waals surface area contributed by atoms with Gasteiger partial charge in [-0.3, -0.25) is 9.10 Å². The molecule has 0 saturated heterocycles. The summed E-state index contributed by atoms with van der Waals surface area (Å²) < 4.78 is 13.6. The minimum Gasteiger partial charge on any atom is -0.399 e. The Morgan fingerprint density at radius 2 is 2.06 bits per heavy atom. The highest BCUT2D eigenvalue weighted by Gasteiger charge is 2.17. The van der Waals surface area contributed by atoms with E-state index < -0.39 is 11.0 Å². The summed E-state index contributed by atoms with van der Waals surface area (Å²) in [5.41, 5.74) is 6.99. The predicted octanol–water partition coefficient (Wildman–Crippen LogP) is 0.847. The van der Waals surface area contributed by atoms with Gasteiger partial charge in [0.2, 0.25) is 5.91 Å². The first-order chi connectivity index (χ1) is 8.45. The van der Waals surface area contributed by atoms with Crippen molar-refractivity contribution < 1.29 is 9.00 Å². The van der Waals surface area contributed by atoms with Crippen molar-refractivity contribution in [2.45, 2.75) is 6.92 Å². The second kappa shape index (κ2) is 6.39. The van der Waals surface area contributed by atoms with Crippen LogP contribution < -0.4 is 10.0 Å². The number of amides is 1. The fourth-order valence-corrected chi connectivity index (χ4v) is 2.30. The molecule has 18 heavy (non-hydrogen) atoms. The molecule has 0 heterocycles. The van der Waals surface area contributed by atoms with Gasteiger partial charge >= 0.3 is 0 Å². The topological polar surface area (TPSA) is 66.6 Å². The third-order valence-corrected chi connectivity index (χ3v) is 3.75. The van der Waals surface area contributed by atoms with Gasteiger partial charge in [-0.2, -0.15) is 0 Å². The zero-order chi connectivity index (χ0) is 13.7. The number of hydrogen-bond donors (Lipinski definition) is 1. The SMILES string of the molecule is CCS(=O)N(CC(=O)N(C)C)c1cccc(N)c1. The third-order valence-electron chi connectivity index (χ3n) is 2.43. The molecule has 0 bridgehead atoms. The second-order valence-electron chi connectivity index (χ2n) is 4.03. The Hall–Kier alpha value is -1.56. The van der Waals surface area contributed by atoms with Crippen LogP contribution in [0.2, 0.25) is 0 Å². The van der Waals surface area contributed by atoms with Gasteiger partial charge in [0.25, 0.3) is 0 Å². The van der Waals surface area contributed by atoms with Crippen molar-refractivity contribution in [3.8, 4) is 0 Å². The smallest absolute Gasteiger partial charge is 0.242 e. The number of likely N-dealkylation sites (N-methyl/N-ethyl adjacent to an activating group) is 1. The number of nitrogen functional groups attached to an aromatic ring is 1. The highest BCUT2D eigenvalue weighted by atomic mass is 32.2. The molecule has 2 N–H and O–H groups in total. The first-order valence-corrected chi connectivity index (χ1v) is 6.95. The summed E-state index contributed by atoms with van der Waals surface area (Å²) in [4.78, 5) is 13.2. The third kappa shape index (κ3) is 3.73. The van der Waals surface area contributed by atoms with Crippen LogP contribution in [0, 0.1) is 0 Å². The molecule has 6 heteroatoms. The van der Waals surface area contributed by atoms with Crippen LogP contribution in [0.5, 0.6) is 0 Å².